The highest BCUT2D eigenvalue weighted by Gasteiger charge is 2.40. The number of hydrogen-bond acceptors (Lipinski definition) is 3. The number of benzene rings is 7. The van der Waals surface area contributed by atoms with Crippen LogP contribution in [0, 0.1) is 0 Å². The first kappa shape index (κ1) is 29.3. The van der Waals surface area contributed by atoms with Gasteiger partial charge in [0.1, 0.15) is 11.2 Å². The van der Waals surface area contributed by atoms with Crippen LogP contribution in [0.4, 0.5) is 0 Å². The molecule has 1 aliphatic carbocycles. The number of furan rings is 1. The van der Waals surface area contributed by atoms with Crippen molar-refractivity contribution in [3.05, 3.63) is 193 Å². The number of nitrogens with zero attached hydrogens (tertiary/aromatic N) is 2. The van der Waals surface area contributed by atoms with Crippen molar-refractivity contribution in [1.82, 2.24) is 9.97 Å². The molecule has 0 saturated heterocycles. The summed E-state index contributed by atoms with van der Waals surface area (Å²) >= 11 is 0. The van der Waals surface area contributed by atoms with Crippen LogP contribution in [0.2, 0.25) is 0 Å². The number of hydrogen-bond donors (Lipinski definition) is 0. The minimum atomic E-state index is -0.241. The van der Waals surface area contributed by atoms with E-state index in [9.17, 15) is 0 Å². The molecule has 7 aromatic carbocycles. The molecule has 3 heteroatoms. The van der Waals surface area contributed by atoms with Crippen molar-refractivity contribution in [3.63, 3.8) is 0 Å². The maximum Gasteiger partial charge on any atom is 0.160 e. The Hall–Kier alpha value is -6.58. The fourth-order valence-corrected chi connectivity index (χ4v) is 8.09. The molecule has 3 nitrogen and oxygen atoms in total. The quantitative estimate of drug-likeness (QED) is 0.186. The molecule has 1 aliphatic rings. The molecule has 0 saturated carbocycles. The monoisotopic (exact) mass is 652 g/mol. The minimum Gasteiger partial charge on any atom is -0.455 e. The van der Waals surface area contributed by atoms with Crippen molar-refractivity contribution in [2.75, 3.05) is 0 Å². The second-order valence-corrected chi connectivity index (χ2v) is 13.4. The van der Waals surface area contributed by atoms with E-state index >= 15 is 0 Å². The van der Waals surface area contributed by atoms with Crippen molar-refractivity contribution < 1.29 is 4.42 Å². The van der Waals surface area contributed by atoms with E-state index in [1.165, 1.54) is 27.8 Å². The van der Waals surface area contributed by atoms with Gasteiger partial charge in [0.15, 0.2) is 5.82 Å². The van der Waals surface area contributed by atoms with Crippen molar-refractivity contribution in [2.45, 2.75) is 12.3 Å². The lowest BCUT2D eigenvalue weighted by atomic mass is 9.74. The van der Waals surface area contributed by atoms with Crippen LogP contribution in [0.5, 0.6) is 0 Å². The molecule has 9 aromatic rings. The second kappa shape index (κ2) is 11.5. The van der Waals surface area contributed by atoms with Crippen LogP contribution in [0.15, 0.2) is 180 Å². The van der Waals surface area contributed by atoms with Gasteiger partial charge in [-0.15, -0.1) is 0 Å². The molecule has 51 heavy (non-hydrogen) atoms. The average molecular weight is 653 g/mol. The zero-order valence-electron chi connectivity index (χ0n) is 28.0. The minimum absolute atomic E-state index is 0.241. The van der Waals surface area contributed by atoms with Gasteiger partial charge in [0, 0.05) is 32.9 Å². The lowest BCUT2D eigenvalue weighted by Crippen LogP contribution is -2.22. The number of aromatic nitrogens is 2. The molecule has 0 amide bonds. The Bertz CT molecular complexity index is 2710. The smallest absolute Gasteiger partial charge is 0.160 e. The molecule has 0 atom stereocenters. The predicted molar refractivity (Wildman–Crippen MR) is 208 cm³/mol. The first-order chi connectivity index (χ1) is 25.2. The van der Waals surface area contributed by atoms with Gasteiger partial charge in [0.25, 0.3) is 0 Å². The Labute approximate surface area is 296 Å². The molecule has 0 unspecified atom stereocenters. The molecule has 0 fully saturated rings. The standard InChI is InChI=1S/C48H32N2O/c1-48(41-23-10-7-17-35(41)36-18-8-11-24-42(36)48)33-28-26-31(27-29-33)34-16-5-6-19-37(34)43-30-44(50-47(49-43)32-14-3-2-4-15-32)40-22-13-21-39-38-20-9-12-25-45(38)51-46(39)40/h2-30H,1H3. The van der Waals surface area contributed by atoms with Gasteiger partial charge in [-0.1, -0.05) is 158 Å². The van der Waals surface area contributed by atoms with Gasteiger partial charge >= 0.3 is 0 Å². The number of para-hydroxylation sites is 2. The van der Waals surface area contributed by atoms with E-state index in [1.807, 2.05) is 30.3 Å². The van der Waals surface area contributed by atoms with Crippen molar-refractivity contribution in [3.8, 4) is 56.2 Å². The summed E-state index contributed by atoms with van der Waals surface area (Å²) in [6, 6.07) is 62.1. The Morgan fingerprint density at radius 2 is 0.980 bits per heavy atom. The van der Waals surface area contributed by atoms with E-state index < -0.39 is 0 Å². The summed E-state index contributed by atoms with van der Waals surface area (Å²) in [6.07, 6.45) is 0. The molecule has 2 aromatic heterocycles. The number of fused-ring (bicyclic) bond motifs is 6. The molecule has 240 valence electrons. The van der Waals surface area contributed by atoms with Gasteiger partial charge in [-0.2, -0.15) is 0 Å². The van der Waals surface area contributed by atoms with Crippen LogP contribution in [-0.4, -0.2) is 9.97 Å². The third-order valence-electron chi connectivity index (χ3n) is 10.6. The van der Waals surface area contributed by atoms with E-state index in [4.69, 9.17) is 14.4 Å². The van der Waals surface area contributed by atoms with E-state index in [1.54, 1.807) is 0 Å². The average Bonchev–Trinajstić information content (AvgIpc) is 3.72. The predicted octanol–water partition coefficient (Wildman–Crippen LogP) is 12.4. The molecular formula is C48H32N2O. The highest BCUT2D eigenvalue weighted by Crippen LogP contribution is 2.52. The van der Waals surface area contributed by atoms with Gasteiger partial charge in [0.2, 0.25) is 0 Å². The maximum absolute atomic E-state index is 6.47. The van der Waals surface area contributed by atoms with Crippen LogP contribution in [0.1, 0.15) is 23.6 Å². The molecule has 10 rings (SSSR count). The fourth-order valence-electron chi connectivity index (χ4n) is 8.09. The lowest BCUT2D eigenvalue weighted by Gasteiger charge is -2.28. The van der Waals surface area contributed by atoms with Gasteiger partial charge in [-0.25, -0.2) is 9.97 Å². The summed E-state index contributed by atoms with van der Waals surface area (Å²) in [5.74, 6) is 0.674. The first-order valence-electron chi connectivity index (χ1n) is 17.4. The van der Waals surface area contributed by atoms with Crippen molar-refractivity contribution >= 4 is 21.9 Å². The summed E-state index contributed by atoms with van der Waals surface area (Å²) in [5.41, 5.74) is 14.9. The van der Waals surface area contributed by atoms with E-state index in [0.29, 0.717) is 5.82 Å². The molecule has 0 N–H and O–H groups in total. The zero-order valence-corrected chi connectivity index (χ0v) is 28.0. The molecule has 0 bridgehead atoms. The van der Waals surface area contributed by atoms with Gasteiger partial charge in [-0.05, 0) is 64.1 Å². The third-order valence-corrected chi connectivity index (χ3v) is 10.6. The van der Waals surface area contributed by atoms with Crippen LogP contribution in [-0.2, 0) is 5.41 Å². The summed E-state index contributed by atoms with van der Waals surface area (Å²) < 4.78 is 6.47. The van der Waals surface area contributed by atoms with Gasteiger partial charge in [-0.3, -0.25) is 0 Å². The van der Waals surface area contributed by atoms with Crippen molar-refractivity contribution in [2.24, 2.45) is 0 Å². The molecule has 0 aliphatic heterocycles. The second-order valence-electron chi connectivity index (χ2n) is 13.4. The fraction of sp³-hybridized carbons (Fsp3) is 0.0417. The van der Waals surface area contributed by atoms with E-state index in [0.717, 1.165) is 61.1 Å². The highest BCUT2D eigenvalue weighted by atomic mass is 16.3. The highest BCUT2D eigenvalue weighted by molar-refractivity contribution is 6.09. The maximum atomic E-state index is 6.47. The van der Waals surface area contributed by atoms with Gasteiger partial charge < -0.3 is 4.42 Å². The first-order valence-corrected chi connectivity index (χ1v) is 17.4. The normalized spacial score (nSPS) is 13.0. The van der Waals surface area contributed by atoms with Crippen LogP contribution in [0.3, 0.4) is 0 Å². The van der Waals surface area contributed by atoms with Crippen LogP contribution < -0.4 is 0 Å². The summed E-state index contributed by atoms with van der Waals surface area (Å²) in [5, 5.41) is 2.17. The largest absolute Gasteiger partial charge is 0.455 e. The van der Waals surface area contributed by atoms with Crippen molar-refractivity contribution in [1.29, 1.82) is 0 Å². The lowest BCUT2D eigenvalue weighted by molar-refractivity contribution is 0.670. The van der Waals surface area contributed by atoms with E-state index in [-0.39, 0.29) is 5.41 Å². The topological polar surface area (TPSA) is 38.9 Å². The molecular weight excluding hydrogens is 621 g/mol. The summed E-state index contributed by atoms with van der Waals surface area (Å²) in [7, 11) is 0. The Balaban J connectivity index is 1.12. The SMILES string of the molecule is CC1(c2ccc(-c3ccccc3-c3cc(-c4cccc5c4oc4ccccc45)nc(-c4ccccc4)n3)cc2)c2ccccc2-c2ccccc21. The Morgan fingerprint density at radius 1 is 0.431 bits per heavy atom. The molecule has 2 heterocycles. The van der Waals surface area contributed by atoms with Crippen LogP contribution in [0.25, 0.3) is 78.1 Å². The molecule has 0 spiro atoms. The summed E-state index contributed by atoms with van der Waals surface area (Å²) in [6.45, 7) is 2.36. The van der Waals surface area contributed by atoms with Gasteiger partial charge in [0.05, 0.1) is 11.4 Å². The van der Waals surface area contributed by atoms with E-state index in [2.05, 4.69) is 153 Å². The Morgan fingerprint density at radius 3 is 1.71 bits per heavy atom. The molecule has 0 radical (unpaired) electrons. The van der Waals surface area contributed by atoms with Crippen LogP contribution >= 0.6 is 0 Å². The third kappa shape index (κ3) is 4.59. The number of rotatable bonds is 5. The Kier molecular flexibility index (Phi) is 6.62. The summed E-state index contributed by atoms with van der Waals surface area (Å²) in [4.78, 5) is 10.4. The zero-order chi connectivity index (χ0) is 33.9.